The van der Waals surface area contributed by atoms with Crippen molar-refractivity contribution in [3.05, 3.63) is 10.2 Å². The molecule has 1 aromatic heterocycles. The van der Waals surface area contributed by atoms with Crippen molar-refractivity contribution in [2.75, 3.05) is 18.5 Å². The van der Waals surface area contributed by atoms with Crippen LogP contribution in [0.15, 0.2) is 4.47 Å². The zero-order valence-corrected chi connectivity index (χ0v) is 12.5. The van der Waals surface area contributed by atoms with E-state index in [2.05, 4.69) is 39.8 Å². The predicted molar refractivity (Wildman–Crippen MR) is 75.1 cm³/mol. The van der Waals surface area contributed by atoms with Gasteiger partial charge in [-0.2, -0.15) is 5.10 Å². The van der Waals surface area contributed by atoms with Crippen LogP contribution in [0.4, 0.5) is 5.82 Å². The Morgan fingerprint density at radius 3 is 2.94 bits per heavy atom. The smallest absolute Gasteiger partial charge is 0.139 e. The van der Waals surface area contributed by atoms with E-state index in [4.69, 9.17) is 9.84 Å². The van der Waals surface area contributed by atoms with Gasteiger partial charge in [-0.3, -0.25) is 0 Å². The lowest BCUT2D eigenvalue weighted by Gasteiger charge is -2.29. The van der Waals surface area contributed by atoms with E-state index in [1.807, 2.05) is 0 Å². The third kappa shape index (κ3) is 1.97. The minimum atomic E-state index is 0.345. The van der Waals surface area contributed by atoms with E-state index in [0.29, 0.717) is 18.1 Å². The second-order valence-electron chi connectivity index (χ2n) is 5.48. The average molecular weight is 314 g/mol. The van der Waals surface area contributed by atoms with Gasteiger partial charge in [0.1, 0.15) is 5.82 Å². The first-order valence-electron chi connectivity index (χ1n) is 6.82. The predicted octanol–water partition coefficient (Wildman–Crippen LogP) is 3.30. The first kappa shape index (κ1) is 12.5. The highest BCUT2D eigenvalue weighted by Crippen LogP contribution is 2.39. The molecule has 2 unspecified atom stereocenters. The quantitative estimate of drug-likeness (QED) is 0.910. The lowest BCUT2D eigenvalue weighted by atomic mass is 10.0. The highest BCUT2D eigenvalue weighted by Gasteiger charge is 2.33. The molecule has 2 aliphatic rings. The number of halogens is 1. The van der Waals surface area contributed by atoms with E-state index in [1.54, 1.807) is 0 Å². The van der Waals surface area contributed by atoms with Gasteiger partial charge in [0.05, 0.1) is 22.3 Å². The summed E-state index contributed by atoms with van der Waals surface area (Å²) >= 11 is 3.69. The van der Waals surface area contributed by atoms with Crippen LogP contribution in [0.3, 0.4) is 0 Å². The second-order valence-corrected chi connectivity index (χ2v) is 6.27. The fraction of sp³-hybridized carbons (Fsp3) is 0.769. The Bertz CT molecular complexity index is 438. The number of rotatable bonds is 2. The summed E-state index contributed by atoms with van der Waals surface area (Å²) in [5.41, 5.74) is 1.14. The van der Waals surface area contributed by atoms with Gasteiger partial charge in [-0.15, -0.1) is 0 Å². The van der Waals surface area contributed by atoms with E-state index in [1.165, 1.54) is 12.8 Å². The van der Waals surface area contributed by atoms with Crippen LogP contribution in [0.2, 0.25) is 0 Å². The summed E-state index contributed by atoms with van der Waals surface area (Å²) in [6, 6.07) is 0.396. The molecule has 0 radical (unpaired) electrons. The van der Waals surface area contributed by atoms with Gasteiger partial charge in [-0.05, 0) is 41.1 Å². The number of nitrogens with zero attached hydrogens (tertiary/aromatic N) is 2. The van der Waals surface area contributed by atoms with Crippen LogP contribution < -0.4 is 5.32 Å². The molecular weight excluding hydrogens is 294 g/mol. The normalized spacial score (nSPS) is 27.3. The van der Waals surface area contributed by atoms with Gasteiger partial charge in [-0.1, -0.05) is 13.8 Å². The lowest BCUT2D eigenvalue weighted by Crippen LogP contribution is -2.31. The van der Waals surface area contributed by atoms with Crippen LogP contribution >= 0.6 is 15.9 Å². The molecule has 0 aliphatic carbocycles. The Labute approximate surface area is 116 Å². The molecule has 0 saturated carbocycles. The van der Waals surface area contributed by atoms with Gasteiger partial charge >= 0.3 is 0 Å². The summed E-state index contributed by atoms with van der Waals surface area (Å²) in [4.78, 5) is 0. The summed E-state index contributed by atoms with van der Waals surface area (Å²) < 4.78 is 9.13. The van der Waals surface area contributed by atoms with Gasteiger partial charge in [0.15, 0.2) is 0 Å². The Hall–Kier alpha value is -0.550. The first-order valence-corrected chi connectivity index (χ1v) is 7.61. The van der Waals surface area contributed by atoms with E-state index in [9.17, 15) is 0 Å². The molecular formula is C13H20BrN3O. The Morgan fingerprint density at radius 1 is 1.44 bits per heavy atom. The summed E-state index contributed by atoms with van der Waals surface area (Å²) in [7, 11) is 0. The van der Waals surface area contributed by atoms with E-state index < -0.39 is 0 Å². The lowest BCUT2D eigenvalue weighted by molar-refractivity contribution is 0.0590. The molecule has 100 valence electrons. The molecule has 1 aromatic rings. The molecule has 1 fully saturated rings. The Kier molecular flexibility index (Phi) is 3.36. The molecule has 0 amide bonds. The number of hydrogen-bond donors (Lipinski definition) is 1. The highest BCUT2D eigenvalue weighted by molar-refractivity contribution is 9.10. The summed E-state index contributed by atoms with van der Waals surface area (Å²) in [5.74, 6) is 1.56. The van der Waals surface area contributed by atoms with Crippen molar-refractivity contribution < 1.29 is 4.74 Å². The molecule has 3 heterocycles. The summed E-state index contributed by atoms with van der Waals surface area (Å²) in [6.07, 6.45) is 3.79. The minimum absolute atomic E-state index is 0.345. The second kappa shape index (κ2) is 4.85. The standard InChI is InChI=1S/C13H20BrN3O/c1-8(2)12-11(14)13-15-6-5-9(17(13)16-12)10-4-3-7-18-10/h8-10,15H,3-7H2,1-2H3. The van der Waals surface area contributed by atoms with Gasteiger partial charge in [0.25, 0.3) is 0 Å². The van der Waals surface area contributed by atoms with Crippen molar-refractivity contribution in [3.8, 4) is 0 Å². The third-order valence-corrected chi connectivity index (χ3v) is 4.65. The zero-order chi connectivity index (χ0) is 12.7. The minimum Gasteiger partial charge on any atom is -0.376 e. The van der Waals surface area contributed by atoms with Crippen LogP contribution in [0.25, 0.3) is 0 Å². The molecule has 3 rings (SSSR count). The van der Waals surface area contributed by atoms with Gasteiger partial charge in [0.2, 0.25) is 0 Å². The van der Waals surface area contributed by atoms with Crippen molar-refractivity contribution in [1.29, 1.82) is 0 Å². The van der Waals surface area contributed by atoms with Crippen LogP contribution in [0.1, 0.15) is 50.8 Å². The fourth-order valence-corrected chi connectivity index (χ4v) is 3.77. The van der Waals surface area contributed by atoms with Crippen LogP contribution in [0.5, 0.6) is 0 Å². The molecule has 5 heteroatoms. The number of fused-ring (bicyclic) bond motifs is 1. The van der Waals surface area contributed by atoms with Crippen molar-refractivity contribution in [2.24, 2.45) is 0 Å². The number of nitrogens with one attached hydrogen (secondary N) is 1. The maximum absolute atomic E-state index is 5.85. The van der Waals surface area contributed by atoms with Gasteiger partial charge < -0.3 is 10.1 Å². The summed E-state index contributed by atoms with van der Waals surface area (Å²) in [5, 5.41) is 8.26. The number of hydrogen-bond acceptors (Lipinski definition) is 3. The monoisotopic (exact) mass is 313 g/mol. The molecule has 0 bridgehead atoms. The SMILES string of the molecule is CC(C)c1nn2c(c1Br)NCCC2C1CCCO1. The van der Waals surface area contributed by atoms with Crippen molar-refractivity contribution in [1.82, 2.24) is 9.78 Å². The third-order valence-electron chi connectivity index (χ3n) is 3.86. The van der Waals surface area contributed by atoms with Crippen LogP contribution in [-0.4, -0.2) is 29.0 Å². The Balaban J connectivity index is 1.97. The van der Waals surface area contributed by atoms with E-state index >= 15 is 0 Å². The van der Waals surface area contributed by atoms with Crippen LogP contribution in [-0.2, 0) is 4.74 Å². The van der Waals surface area contributed by atoms with Crippen molar-refractivity contribution >= 4 is 21.7 Å². The van der Waals surface area contributed by atoms with Crippen molar-refractivity contribution in [3.63, 3.8) is 0 Å². The molecule has 2 aliphatic heterocycles. The maximum atomic E-state index is 5.85. The van der Waals surface area contributed by atoms with Crippen LogP contribution in [0, 0.1) is 0 Å². The number of aromatic nitrogens is 2. The first-order chi connectivity index (χ1) is 8.68. The Morgan fingerprint density at radius 2 is 2.28 bits per heavy atom. The molecule has 4 nitrogen and oxygen atoms in total. The number of ether oxygens (including phenoxy) is 1. The molecule has 0 aromatic carbocycles. The summed E-state index contributed by atoms with van der Waals surface area (Å²) in [6.45, 7) is 6.27. The topological polar surface area (TPSA) is 39.1 Å². The van der Waals surface area contributed by atoms with Gasteiger partial charge in [0, 0.05) is 13.2 Å². The molecule has 2 atom stereocenters. The van der Waals surface area contributed by atoms with Gasteiger partial charge in [-0.25, -0.2) is 4.68 Å². The fourth-order valence-electron chi connectivity index (χ4n) is 2.91. The average Bonchev–Trinajstić information content (AvgIpc) is 2.97. The maximum Gasteiger partial charge on any atom is 0.139 e. The van der Waals surface area contributed by atoms with Crippen molar-refractivity contribution in [2.45, 2.75) is 51.2 Å². The largest absolute Gasteiger partial charge is 0.376 e. The highest BCUT2D eigenvalue weighted by atomic mass is 79.9. The molecule has 1 N–H and O–H groups in total. The van der Waals surface area contributed by atoms with E-state index in [0.717, 1.165) is 35.6 Å². The zero-order valence-electron chi connectivity index (χ0n) is 10.9. The molecule has 1 saturated heterocycles. The molecule has 0 spiro atoms. The number of anilines is 1. The van der Waals surface area contributed by atoms with E-state index in [-0.39, 0.29) is 0 Å². The molecule has 18 heavy (non-hydrogen) atoms.